The van der Waals surface area contributed by atoms with Crippen LogP contribution in [0.2, 0.25) is 10.0 Å². The third-order valence-electron chi connectivity index (χ3n) is 2.52. The Morgan fingerprint density at radius 1 is 1.24 bits per heavy atom. The highest BCUT2D eigenvalue weighted by Crippen LogP contribution is 2.29. The van der Waals surface area contributed by atoms with Crippen LogP contribution >= 0.6 is 39.1 Å². The highest BCUT2D eigenvalue weighted by atomic mass is 79.9. The first-order chi connectivity index (χ1) is 9.83. The second-order valence-electron chi connectivity index (χ2n) is 3.98. The molecule has 2 aromatic rings. The van der Waals surface area contributed by atoms with Crippen LogP contribution in [0.4, 0.5) is 11.5 Å². The van der Waals surface area contributed by atoms with Gasteiger partial charge in [-0.15, -0.1) is 0 Å². The van der Waals surface area contributed by atoms with E-state index in [1.54, 1.807) is 13.1 Å². The first-order valence-corrected chi connectivity index (χ1v) is 8.68. The zero-order valence-corrected chi connectivity index (χ0v) is 14.6. The van der Waals surface area contributed by atoms with E-state index in [1.807, 2.05) is 0 Å². The number of sulfonamides is 1. The van der Waals surface area contributed by atoms with Gasteiger partial charge in [0, 0.05) is 22.7 Å². The minimum atomic E-state index is -3.85. The Kier molecular flexibility index (Phi) is 4.98. The molecule has 2 rings (SSSR count). The summed E-state index contributed by atoms with van der Waals surface area (Å²) in [6.07, 6.45) is 1.50. The molecular weight excluding hydrogens is 401 g/mol. The maximum atomic E-state index is 12.5. The minimum Gasteiger partial charge on any atom is -0.372 e. The van der Waals surface area contributed by atoms with Crippen LogP contribution in [0.15, 0.2) is 39.8 Å². The van der Waals surface area contributed by atoms with Gasteiger partial charge in [-0.3, -0.25) is 4.72 Å². The SMILES string of the molecule is CNc1ncc(Br)cc1S(=O)(=O)Nc1ccc(Cl)cc1Cl. The number of hydrogen-bond donors (Lipinski definition) is 2. The number of halogens is 3. The van der Waals surface area contributed by atoms with Crippen LogP contribution in [0, 0.1) is 0 Å². The summed E-state index contributed by atoms with van der Waals surface area (Å²) in [7, 11) is -2.26. The molecule has 5 nitrogen and oxygen atoms in total. The van der Waals surface area contributed by atoms with Gasteiger partial charge in [0.1, 0.15) is 10.7 Å². The molecule has 1 aromatic carbocycles. The molecule has 112 valence electrons. The fraction of sp³-hybridized carbons (Fsp3) is 0.0833. The summed E-state index contributed by atoms with van der Waals surface area (Å²) in [6.45, 7) is 0. The molecule has 9 heteroatoms. The standard InChI is InChI=1S/C12H10BrCl2N3O2S/c1-16-12-11(4-7(13)6-17-12)21(19,20)18-10-3-2-8(14)5-9(10)15/h2-6,18H,1H3,(H,16,17). The Morgan fingerprint density at radius 2 is 1.95 bits per heavy atom. The number of hydrogen-bond acceptors (Lipinski definition) is 4. The quantitative estimate of drug-likeness (QED) is 0.799. The summed E-state index contributed by atoms with van der Waals surface area (Å²) in [5.74, 6) is 0.232. The zero-order chi connectivity index (χ0) is 15.6. The topological polar surface area (TPSA) is 71.1 Å². The summed E-state index contributed by atoms with van der Waals surface area (Å²) in [5.41, 5.74) is 0.239. The lowest BCUT2D eigenvalue weighted by Crippen LogP contribution is -2.15. The Balaban J connectivity index is 2.45. The molecule has 0 atom stereocenters. The van der Waals surface area contributed by atoms with Crippen molar-refractivity contribution in [2.24, 2.45) is 0 Å². The van der Waals surface area contributed by atoms with Gasteiger partial charge in [0.2, 0.25) is 0 Å². The minimum absolute atomic E-state index is 0.00499. The van der Waals surface area contributed by atoms with E-state index in [1.165, 1.54) is 24.4 Å². The zero-order valence-electron chi connectivity index (χ0n) is 10.7. The average Bonchev–Trinajstić information content (AvgIpc) is 2.42. The molecule has 21 heavy (non-hydrogen) atoms. The fourth-order valence-corrected chi connectivity index (χ4v) is 3.85. The lowest BCUT2D eigenvalue weighted by atomic mass is 10.3. The number of anilines is 2. The third kappa shape index (κ3) is 3.79. The summed E-state index contributed by atoms with van der Waals surface area (Å²) in [4.78, 5) is 4.01. The van der Waals surface area contributed by atoms with Crippen molar-refractivity contribution >= 4 is 60.7 Å². The predicted molar refractivity (Wildman–Crippen MR) is 88.8 cm³/mol. The van der Waals surface area contributed by atoms with Gasteiger partial charge in [0.05, 0.1) is 10.7 Å². The average molecular weight is 411 g/mol. The Bertz CT molecular complexity index is 784. The number of pyridine rings is 1. The number of nitrogens with zero attached hydrogens (tertiary/aromatic N) is 1. The van der Waals surface area contributed by atoms with Gasteiger partial charge in [-0.1, -0.05) is 23.2 Å². The van der Waals surface area contributed by atoms with Crippen molar-refractivity contribution in [3.8, 4) is 0 Å². The Morgan fingerprint density at radius 3 is 2.57 bits per heavy atom. The monoisotopic (exact) mass is 409 g/mol. The van der Waals surface area contributed by atoms with Crippen molar-refractivity contribution in [3.63, 3.8) is 0 Å². The van der Waals surface area contributed by atoms with Crippen LogP contribution in [0.3, 0.4) is 0 Å². The first-order valence-electron chi connectivity index (χ1n) is 5.64. The number of aromatic nitrogens is 1. The van der Waals surface area contributed by atoms with E-state index in [-0.39, 0.29) is 21.4 Å². The van der Waals surface area contributed by atoms with Gasteiger partial charge >= 0.3 is 0 Å². The predicted octanol–water partition coefficient (Wildman–Crippen LogP) is 3.99. The smallest absolute Gasteiger partial charge is 0.265 e. The normalized spacial score (nSPS) is 11.2. The van der Waals surface area contributed by atoms with Crippen molar-refractivity contribution in [1.82, 2.24) is 4.98 Å². The Hall–Kier alpha value is -1.02. The van der Waals surface area contributed by atoms with E-state index in [0.717, 1.165) is 0 Å². The highest BCUT2D eigenvalue weighted by Gasteiger charge is 2.21. The van der Waals surface area contributed by atoms with Gasteiger partial charge in [-0.25, -0.2) is 13.4 Å². The van der Waals surface area contributed by atoms with Crippen LogP contribution in [0.1, 0.15) is 0 Å². The molecule has 0 aliphatic heterocycles. The molecule has 2 N–H and O–H groups in total. The lowest BCUT2D eigenvalue weighted by molar-refractivity contribution is 0.601. The van der Waals surface area contributed by atoms with Gasteiger partial charge in [-0.05, 0) is 40.2 Å². The van der Waals surface area contributed by atoms with Crippen LogP contribution in [-0.2, 0) is 10.0 Å². The lowest BCUT2D eigenvalue weighted by Gasteiger charge is -2.12. The van der Waals surface area contributed by atoms with Crippen molar-refractivity contribution < 1.29 is 8.42 Å². The van der Waals surface area contributed by atoms with Gasteiger partial charge in [0.25, 0.3) is 10.0 Å². The van der Waals surface area contributed by atoms with Crippen molar-refractivity contribution in [2.45, 2.75) is 4.90 Å². The molecule has 0 bridgehead atoms. The molecule has 0 unspecified atom stereocenters. The third-order valence-corrected chi connectivity index (χ3v) is 4.88. The maximum absolute atomic E-state index is 12.5. The molecule has 0 amide bonds. The second kappa shape index (κ2) is 6.39. The van der Waals surface area contributed by atoms with E-state index in [4.69, 9.17) is 23.2 Å². The molecule has 0 radical (unpaired) electrons. The molecule has 0 aliphatic carbocycles. The summed E-state index contributed by atoms with van der Waals surface area (Å²) < 4.78 is 27.9. The van der Waals surface area contributed by atoms with Crippen molar-refractivity contribution in [1.29, 1.82) is 0 Å². The van der Waals surface area contributed by atoms with E-state index in [0.29, 0.717) is 9.50 Å². The molecule has 1 aromatic heterocycles. The van der Waals surface area contributed by atoms with Gasteiger partial charge < -0.3 is 5.32 Å². The van der Waals surface area contributed by atoms with E-state index >= 15 is 0 Å². The molecule has 0 saturated heterocycles. The molecule has 1 heterocycles. The van der Waals surface area contributed by atoms with Crippen LogP contribution < -0.4 is 10.0 Å². The Labute approximate surface area is 140 Å². The molecule has 0 aliphatic rings. The highest BCUT2D eigenvalue weighted by molar-refractivity contribution is 9.10. The van der Waals surface area contributed by atoms with Crippen LogP contribution in [-0.4, -0.2) is 20.4 Å². The molecule has 0 saturated carbocycles. The van der Waals surface area contributed by atoms with Crippen LogP contribution in [0.5, 0.6) is 0 Å². The first kappa shape index (κ1) is 16.4. The fourth-order valence-electron chi connectivity index (χ4n) is 1.59. The van der Waals surface area contributed by atoms with Crippen molar-refractivity contribution in [3.05, 3.63) is 45.0 Å². The summed E-state index contributed by atoms with van der Waals surface area (Å²) in [6, 6.07) is 5.94. The van der Waals surface area contributed by atoms with Gasteiger partial charge in [-0.2, -0.15) is 0 Å². The largest absolute Gasteiger partial charge is 0.372 e. The van der Waals surface area contributed by atoms with Gasteiger partial charge in [0.15, 0.2) is 0 Å². The van der Waals surface area contributed by atoms with Crippen molar-refractivity contribution in [2.75, 3.05) is 17.1 Å². The number of rotatable bonds is 4. The molecule has 0 fully saturated rings. The number of benzene rings is 1. The maximum Gasteiger partial charge on any atom is 0.265 e. The van der Waals surface area contributed by atoms with E-state index in [2.05, 4.69) is 31.0 Å². The number of nitrogens with one attached hydrogen (secondary N) is 2. The van der Waals surface area contributed by atoms with E-state index in [9.17, 15) is 8.42 Å². The summed E-state index contributed by atoms with van der Waals surface area (Å²) >= 11 is 15.0. The molecule has 0 spiro atoms. The molecular formula is C12H10BrCl2N3O2S. The van der Waals surface area contributed by atoms with E-state index < -0.39 is 10.0 Å². The second-order valence-corrected chi connectivity index (χ2v) is 7.39. The summed E-state index contributed by atoms with van der Waals surface area (Å²) in [5, 5.41) is 3.36. The van der Waals surface area contributed by atoms with Crippen LogP contribution in [0.25, 0.3) is 0 Å².